The molecule has 1 fully saturated rings. The number of nitrogens with zero attached hydrogens (tertiary/aromatic N) is 2. The highest BCUT2D eigenvalue weighted by Crippen LogP contribution is 2.35. The lowest BCUT2D eigenvalue weighted by Gasteiger charge is -2.44. The van der Waals surface area contributed by atoms with Gasteiger partial charge in [0.05, 0.1) is 12.7 Å². The molecule has 1 atom stereocenters. The number of hydrogen-bond donors (Lipinski definition) is 0. The highest BCUT2D eigenvalue weighted by atomic mass is 16.6. The molecule has 1 saturated heterocycles. The van der Waals surface area contributed by atoms with Crippen molar-refractivity contribution in [3.05, 3.63) is 23.8 Å². The molecule has 0 N–H and O–H groups in total. The second-order valence-corrected chi connectivity index (χ2v) is 10.7. The Morgan fingerprint density at radius 1 is 1.12 bits per heavy atom. The molecule has 2 aliphatic rings. The van der Waals surface area contributed by atoms with E-state index < -0.39 is 11.6 Å². The molecule has 184 valence electrons. The predicted octanol–water partition coefficient (Wildman–Crippen LogP) is 4.80. The second-order valence-electron chi connectivity index (χ2n) is 10.7. The van der Waals surface area contributed by atoms with Crippen molar-refractivity contribution in [1.82, 2.24) is 4.90 Å². The van der Waals surface area contributed by atoms with Crippen molar-refractivity contribution in [2.45, 2.75) is 91.5 Å². The number of benzene rings is 1. The highest BCUT2D eigenvalue weighted by Gasteiger charge is 2.38. The standard InChI is InChI=1S/C26H40N2O5/c1-17(2)23(24(29)32-18(3)4)28(21-8-9-22-19(16-21)12-15-31-22)20-10-13-27(14-11-20)25(30)33-26(5,6)7/h8-9,16-18,20,23H,10-15H2,1-7H3. The Balaban J connectivity index is 1.86. The number of likely N-dealkylation sites (tertiary alicyclic amines) is 1. The average Bonchev–Trinajstić information content (AvgIpc) is 3.17. The van der Waals surface area contributed by atoms with E-state index in [4.69, 9.17) is 14.2 Å². The summed E-state index contributed by atoms with van der Waals surface area (Å²) in [6.07, 6.45) is 1.93. The summed E-state index contributed by atoms with van der Waals surface area (Å²) >= 11 is 0. The minimum Gasteiger partial charge on any atom is -0.493 e. The van der Waals surface area contributed by atoms with Gasteiger partial charge in [-0.15, -0.1) is 0 Å². The fourth-order valence-corrected chi connectivity index (χ4v) is 4.59. The number of hydrogen-bond acceptors (Lipinski definition) is 6. The molecule has 0 spiro atoms. The van der Waals surface area contributed by atoms with Gasteiger partial charge in [0.1, 0.15) is 17.4 Å². The summed E-state index contributed by atoms with van der Waals surface area (Å²) in [5, 5.41) is 0. The molecule has 3 rings (SSSR count). The molecule has 1 amide bonds. The number of amides is 1. The third kappa shape index (κ3) is 6.33. The van der Waals surface area contributed by atoms with Crippen LogP contribution in [-0.2, 0) is 20.7 Å². The van der Waals surface area contributed by atoms with E-state index in [2.05, 4.69) is 24.8 Å². The van der Waals surface area contributed by atoms with Crippen molar-refractivity contribution in [3.8, 4) is 5.75 Å². The topological polar surface area (TPSA) is 68.3 Å². The molecular weight excluding hydrogens is 420 g/mol. The largest absolute Gasteiger partial charge is 0.493 e. The molecule has 2 heterocycles. The minimum absolute atomic E-state index is 0.0599. The summed E-state index contributed by atoms with van der Waals surface area (Å²) in [7, 11) is 0. The van der Waals surface area contributed by atoms with E-state index in [1.54, 1.807) is 4.90 Å². The molecule has 1 unspecified atom stereocenters. The summed E-state index contributed by atoms with van der Waals surface area (Å²) in [5.74, 6) is 0.778. The molecule has 33 heavy (non-hydrogen) atoms. The van der Waals surface area contributed by atoms with E-state index in [1.807, 2.05) is 46.8 Å². The summed E-state index contributed by atoms with van der Waals surface area (Å²) in [6.45, 7) is 15.4. The SMILES string of the molecule is CC(C)OC(=O)C(C(C)C)N(c1ccc2c(c1)CCO2)C1CCN(C(=O)OC(C)(C)C)CC1. The van der Waals surface area contributed by atoms with Crippen LogP contribution in [0.25, 0.3) is 0 Å². The number of esters is 1. The lowest BCUT2D eigenvalue weighted by Crippen LogP contribution is -2.55. The molecule has 0 radical (unpaired) electrons. The van der Waals surface area contributed by atoms with Gasteiger partial charge < -0.3 is 24.0 Å². The number of carbonyl (C=O) groups excluding carboxylic acids is 2. The summed E-state index contributed by atoms with van der Waals surface area (Å²) in [4.78, 5) is 29.8. The number of fused-ring (bicyclic) bond motifs is 1. The zero-order valence-electron chi connectivity index (χ0n) is 21.2. The second kappa shape index (κ2) is 10.2. The van der Waals surface area contributed by atoms with Gasteiger partial charge in [-0.3, -0.25) is 0 Å². The molecule has 0 aromatic heterocycles. The summed E-state index contributed by atoms with van der Waals surface area (Å²) in [5.41, 5.74) is 1.66. The maximum atomic E-state index is 13.2. The van der Waals surface area contributed by atoms with Crippen LogP contribution in [0.5, 0.6) is 5.75 Å². The third-order valence-corrected chi connectivity index (χ3v) is 6.01. The zero-order valence-corrected chi connectivity index (χ0v) is 21.2. The number of carbonyl (C=O) groups is 2. The van der Waals surface area contributed by atoms with E-state index in [9.17, 15) is 9.59 Å². The highest BCUT2D eigenvalue weighted by molar-refractivity contribution is 5.81. The van der Waals surface area contributed by atoms with Gasteiger partial charge in [-0.1, -0.05) is 13.8 Å². The average molecular weight is 461 g/mol. The van der Waals surface area contributed by atoms with E-state index >= 15 is 0 Å². The number of piperidine rings is 1. The number of ether oxygens (including phenoxy) is 3. The zero-order chi connectivity index (χ0) is 24.3. The van der Waals surface area contributed by atoms with Gasteiger partial charge in [-0.25, -0.2) is 9.59 Å². The molecule has 2 aliphatic heterocycles. The third-order valence-electron chi connectivity index (χ3n) is 6.01. The van der Waals surface area contributed by atoms with Crippen molar-refractivity contribution in [2.24, 2.45) is 5.92 Å². The Bertz CT molecular complexity index is 838. The van der Waals surface area contributed by atoms with Crippen molar-refractivity contribution < 1.29 is 23.8 Å². The van der Waals surface area contributed by atoms with Crippen LogP contribution < -0.4 is 9.64 Å². The monoisotopic (exact) mass is 460 g/mol. The normalized spacial score (nSPS) is 17.5. The first-order valence-electron chi connectivity index (χ1n) is 12.2. The van der Waals surface area contributed by atoms with Crippen molar-refractivity contribution in [3.63, 3.8) is 0 Å². The maximum Gasteiger partial charge on any atom is 0.410 e. The lowest BCUT2D eigenvalue weighted by atomic mass is 9.94. The molecule has 0 saturated carbocycles. The smallest absolute Gasteiger partial charge is 0.410 e. The van der Waals surface area contributed by atoms with Crippen LogP contribution in [0.15, 0.2) is 18.2 Å². The van der Waals surface area contributed by atoms with Crippen molar-refractivity contribution in [2.75, 3.05) is 24.6 Å². The maximum absolute atomic E-state index is 13.2. The Hall–Kier alpha value is -2.44. The summed E-state index contributed by atoms with van der Waals surface area (Å²) < 4.78 is 16.9. The van der Waals surface area contributed by atoms with Crippen molar-refractivity contribution >= 4 is 17.7 Å². The van der Waals surface area contributed by atoms with E-state index in [1.165, 1.54) is 5.56 Å². The first kappa shape index (κ1) is 25.2. The van der Waals surface area contributed by atoms with Gasteiger partial charge in [-0.05, 0) is 77.1 Å². The fourth-order valence-electron chi connectivity index (χ4n) is 4.59. The molecule has 7 nitrogen and oxygen atoms in total. The lowest BCUT2D eigenvalue weighted by molar-refractivity contribution is -0.150. The van der Waals surface area contributed by atoms with Crippen LogP contribution in [0, 0.1) is 5.92 Å². The first-order valence-corrected chi connectivity index (χ1v) is 12.2. The molecular formula is C26H40N2O5. The van der Waals surface area contributed by atoms with Crippen molar-refractivity contribution in [1.29, 1.82) is 0 Å². The van der Waals surface area contributed by atoms with Gasteiger partial charge in [0.25, 0.3) is 0 Å². The molecule has 1 aromatic rings. The Kier molecular flexibility index (Phi) is 7.80. The van der Waals surface area contributed by atoms with Crippen LogP contribution in [0.3, 0.4) is 0 Å². The molecule has 1 aromatic carbocycles. The predicted molar refractivity (Wildman–Crippen MR) is 129 cm³/mol. The van der Waals surface area contributed by atoms with Gasteiger partial charge in [0.15, 0.2) is 0 Å². The Morgan fingerprint density at radius 3 is 2.36 bits per heavy atom. The van der Waals surface area contributed by atoms with E-state index in [0.29, 0.717) is 19.7 Å². The Morgan fingerprint density at radius 2 is 1.79 bits per heavy atom. The van der Waals surface area contributed by atoms with Crippen LogP contribution in [-0.4, -0.2) is 60.4 Å². The van der Waals surface area contributed by atoms with E-state index in [-0.39, 0.29) is 30.1 Å². The van der Waals surface area contributed by atoms with E-state index in [0.717, 1.165) is 30.7 Å². The van der Waals surface area contributed by atoms with Crippen LogP contribution in [0.4, 0.5) is 10.5 Å². The van der Waals surface area contributed by atoms with Crippen LogP contribution in [0.1, 0.15) is 66.9 Å². The minimum atomic E-state index is -0.518. The quantitative estimate of drug-likeness (QED) is 0.568. The Labute approximate surface area is 198 Å². The van der Waals surface area contributed by atoms with Gasteiger partial charge in [0, 0.05) is 31.2 Å². The van der Waals surface area contributed by atoms with Crippen LogP contribution >= 0.6 is 0 Å². The van der Waals surface area contributed by atoms with Gasteiger partial charge >= 0.3 is 12.1 Å². The van der Waals surface area contributed by atoms with Crippen LogP contribution in [0.2, 0.25) is 0 Å². The summed E-state index contributed by atoms with van der Waals surface area (Å²) in [6, 6.07) is 5.90. The first-order chi connectivity index (χ1) is 15.5. The molecule has 0 bridgehead atoms. The number of rotatable bonds is 6. The fraction of sp³-hybridized carbons (Fsp3) is 0.692. The van der Waals surface area contributed by atoms with Gasteiger partial charge in [-0.2, -0.15) is 0 Å². The number of anilines is 1. The molecule has 0 aliphatic carbocycles. The van der Waals surface area contributed by atoms with Gasteiger partial charge in [0.2, 0.25) is 0 Å². The molecule has 7 heteroatoms.